The van der Waals surface area contributed by atoms with E-state index < -0.39 is 0 Å². The van der Waals surface area contributed by atoms with E-state index in [1.54, 1.807) is 18.3 Å². The van der Waals surface area contributed by atoms with Crippen LogP contribution < -0.4 is 11.1 Å². The van der Waals surface area contributed by atoms with Crippen LogP contribution in [0.25, 0.3) is 0 Å². The summed E-state index contributed by atoms with van der Waals surface area (Å²) in [4.78, 5) is 16.0. The summed E-state index contributed by atoms with van der Waals surface area (Å²) >= 11 is 5.78. The molecule has 0 unspecified atom stereocenters. The van der Waals surface area contributed by atoms with E-state index in [9.17, 15) is 4.79 Å². The predicted octanol–water partition coefficient (Wildman–Crippen LogP) is 2.40. The number of carbonyl (C=O) groups is 1. The van der Waals surface area contributed by atoms with Gasteiger partial charge in [0.25, 0.3) is 5.91 Å². The first-order valence-electron chi connectivity index (χ1n) is 5.87. The first-order chi connectivity index (χ1) is 9.10. The molecule has 0 aliphatic rings. The molecule has 3 N–H and O–H groups in total. The molecule has 0 saturated heterocycles. The number of carbonyl (C=O) groups excluding carboxylic acids is 1. The van der Waals surface area contributed by atoms with Crippen LogP contribution in [0.15, 0.2) is 28.8 Å². The molecule has 0 bridgehead atoms. The molecule has 1 aromatic heterocycles. The minimum atomic E-state index is -0.287. The van der Waals surface area contributed by atoms with Gasteiger partial charge in [0.05, 0.1) is 18.3 Å². The van der Waals surface area contributed by atoms with Crippen LogP contribution in [0.3, 0.4) is 0 Å². The molecule has 0 radical (unpaired) electrons. The second-order valence-corrected chi connectivity index (χ2v) is 4.42. The zero-order valence-corrected chi connectivity index (χ0v) is 11.2. The van der Waals surface area contributed by atoms with Crippen LogP contribution in [0.4, 0.5) is 5.69 Å². The number of nitrogens with one attached hydrogen (secondary N) is 1. The summed E-state index contributed by atoms with van der Waals surface area (Å²) in [5, 5.41) is 3.19. The fraction of sp³-hybridized carbons (Fsp3) is 0.231. The molecule has 6 heteroatoms. The Labute approximate surface area is 115 Å². The molecule has 5 nitrogen and oxygen atoms in total. The number of nitrogens with zero attached hydrogens (tertiary/aromatic N) is 1. The number of hydrogen-bond acceptors (Lipinski definition) is 4. The van der Waals surface area contributed by atoms with Crippen LogP contribution in [-0.2, 0) is 13.0 Å². The van der Waals surface area contributed by atoms with Gasteiger partial charge in [-0.2, -0.15) is 0 Å². The van der Waals surface area contributed by atoms with E-state index in [1.165, 1.54) is 6.07 Å². The van der Waals surface area contributed by atoms with Crippen LogP contribution in [0.2, 0.25) is 5.02 Å². The van der Waals surface area contributed by atoms with Crippen molar-refractivity contribution in [3.8, 4) is 0 Å². The normalized spacial score (nSPS) is 10.4. The van der Waals surface area contributed by atoms with Gasteiger partial charge in [-0.25, -0.2) is 4.98 Å². The van der Waals surface area contributed by atoms with Crippen molar-refractivity contribution < 1.29 is 9.21 Å². The number of aryl methyl sites for hydroxylation is 1. The highest BCUT2D eigenvalue weighted by Gasteiger charge is 2.11. The molecule has 0 atom stereocenters. The summed E-state index contributed by atoms with van der Waals surface area (Å²) in [5.74, 6) is 0.971. The number of halogens is 1. The summed E-state index contributed by atoms with van der Waals surface area (Å²) in [6, 6.07) is 4.74. The van der Waals surface area contributed by atoms with Crippen molar-refractivity contribution >= 4 is 23.2 Å². The number of anilines is 1. The van der Waals surface area contributed by atoms with Gasteiger partial charge in [0.1, 0.15) is 5.76 Å². The average molecular weight is 280 g/mol. The molecular formula is C13H14ClN3O2. The lowest BCUT2D eigenvalue weighted by atomic mass is 10.1. The Morgan fingerprint density at radius 3 is 2.95 bits per heavy atom. The van der Waals surface area contributed by atoms with Gasteiger partial charge >= 0.3 is 0 Å². The Balaban J connectivity index is 2.01. The maximum atomic E-state index is 11.9. The van der Waals surface area contributed by atoms with E-state index in [2.05, 4.69) is 10.3 Å². The average Bonchev–Trinajstić information content (AvgIpc) is 2.84. The number of aromatic nitrogens is 1. The van der Waals surface area contributed by atoms with E-state index in [0.29, 0.717) is 22.2 Å². The molecule has 2 aromatic rings. The summed E-state index contributed by atoms with van der Waals surface area (Å²) in [5.41, 5.74) is 6.45. The highest BCUT2D eigenvalue weighted by Crippen LogP contribution is 2.17. The largest absolute Gasteiger partial charge is 0.444 e. The van der Waals surface area contributed by atoms with Gasteiger partial charge in [-0.3, -0.25) is 4.79 Å². The zero-order valence-electron chi connectivity index (χ0n) is 10.4. The Hall–Kier alpha value is -2.01. The summed E-state index contributed by atoms with van der Waals surface area (Å²) < 4.78 is 5.39. The van der Waals surface area contributed by atoms with Gasteiger partial charge in [-0.15, -0.1) is 0 Å². The molecule has 1 heterocycles. The SMILES string of the molecule is CCc1cnc(CNC(=O)c2ccc(Cl)cc2N)o1. The molecule has 0 aliphatic heterocycles. The number of amides is 1. The number of nitrogens with two attached hydrogens (primary N) is 1. The third kappa shape index (κ3) is 3.26. The second kappa shape index (κ2) is 5.75. The number of benzene rings is 1. The van der Waals surface area contributed by atoms with Crippen LogP contribution in [0.1, 0.15) is 28.9 Å². The Kier molecular flexibility index (Phi) is 4.06. The van der Waals surface area contributed by atoms with Gasteiger partial charge in [-0.05, 0) is 18.2 Å². The van der Waals surface area contributed by atoms with Crippen LogP contribution in [0.5, 0.6) is 0 Å². The summed E-state index contributed by atoms with van der Waals surface area (Å²) in [6.07, 6.45) is 2.42. The summed E-state index contributed by atoms with van der Waals surface area (Å²) in [7, 11) is 0. The number of rotatable bonds is 4. The van der Waals surface area contributed by atoms with Gasteiger partial charge in [0.2, 0.25) is 5.89 Å². The van der Waals surface area contributed by atoms with E-state index in [1.807, 2.05) is 6.92 Å². The van der Waals surface area contributed by atoms with Crippen molar-refractivity contribution in [2.45, 2.75) is 19.9 Å². The van der Waals surface area contributed by atoms with Crippen molar-refractivity contribution in [1.29, 1.82) is 0 Å². The van der Waals surface area contributed by atoms with Gasteiger partial charge < -0.3 is 15.5 Å². The predicted molar refractivity (Wildman–Crippen MR) is 72.9 cm³/mol. The van der Waals surface area contributed by atoms with Crippen LogP contribution in [-0.4, -0.2) is 10.9 Å². The van der Waals surface area contributed by atoms with E-state index in [0.717, 1.165) is 12.2 Å². The van der Waals surface area contributed by atoms with Crippen molar-refractivity contribution in [3.63, 3.8) is 0 Å². The van der Waals surface area contributed by atoms with Gasteiger partial charge in [0, 0.05) is 17.1 Å². The Morgan fingerprint density at radius 1 is 1.53 bits per heavy atom. The molecule has 1 aromatic carbocycles. The lowest BCUT2D eigenvalue weighted by Crippen LogP contribution is -2.23. The molecule has 0 aliphatic carbocycles. The first-order valence-corrected chi connectivity index (χ1v) is 6.24. The number of nitrogen functional groups attached to an aromatic ring is 1. The first kappa shape index (κ1) is 13.4. The minimum Gasteiger partial charge on any atom is -0.444 e. The van der Waals surface area contributed by atoms with Gasteiger partial charge in [0.15, 0.2) is 0 Å². The second-order valence-electron chi connectivity index (χ2n) is 3.99. The minimum absolute atomic E-state index is 0.223. The van der Waals surface area contributed by atoms with E-state index >= 15 is 0 Å². The van der Waals surface area contributed by atoms with Gasteiger partial charge in [-0.1, -0.05) is 18.5 Å². The molecule has 1 amide bonds. The van der Waals surface area contributed by atoms with Crippen molar-refractivity contribution in [2.75, 3.05) is 5.73 Å². The lowest BCUT2D eigenvalue weighted by Gasteiger charge is -2.06. The summed E-state index contributed by atoms with van der Waals surface area (Å²) in [6.45, 7) is 2.19. The molecule has 2 rings (SSSR count). The Bertz CT molecular complexity index is 595. The molecule has 19 heavy (non-hydrogen) atoms. The molecule has 0 spiro atoms. The monoisotopic (exact) mass is 279 g/mol. The standard InChI is InChI=1S/C13H14ClN3O2/c1-2-9-6-16-12(19-9)7-17-13(18)10-4-3-8(14)5-11(10)15/h3-6H,2,7,15H2,1H3,(H,17,18). The van der Waals surface area contributed by atoms with Crippen molar-refractivity contribution in [2.24, 2.45) is 0 Å². The van der Waals surface area contributed by atoms with Crippen LogP contribution in [0, 0.1) is 0 Å². The lowest BCUT2D eigenvalue weighted by molar-refractivity contribution is 0.0948. The maximum absolute atomic E-state index is 11.9. The van der Waals surface area contributed by atoms with Crippen LogP contribution >= 0.6 is 11.6 Å². The smallest absolute Gasteiger partial charge is 0.253 e. The highest BCUT2D eigenvalue weighted by atomic mass is 35.5. The quantitative estimate of drug-likeness (QED) is 0.842. The number of oxazole rings is 1. The third-order valence-corrected chi connectivity index (χ3v) is 2.84. The van der Waals surface area contributed by atoms with Crippen molar-refractivity contribution in [3.05, 3.63) is 46.6 Å². The molecule has 0 fully saturated rings. The fourth-order valence-corrected chi connectivity index (χ4v) is 1.77. The Morgan fingerprint density at radius 2 is 2.32 bits per heavy atom. The fourth-order valence-electron chi connectivity index (χ4n) is 1.58. The maximum Gasteiger partial charge on any atom is 0.253 e. The molecule has 0 saturated carbocycles. The molecule has 100 valence electrons. The van der Waals surface area contributed by atoms with E-state index in [-0.39, 0.29) is 12.5 Å². The molecular weight excluding hydrogens is 266 g/mol. The number of hydrogen-bond donors (Lipinski definition) is 2. The third-order valence-electron chi connectivity index (χ3n) is 2.61. The topological polar surface area (TPSA) is 81.2 Å². The van der Waals surface area contributed by atoms with E-state index in [4.69, 9.17) is 21.8 Å². The van der Waals surface area contributed by atoms with Crippen molar-refractivity contribution in [1.82, 2.24) is 10.3 Å². The highest BCUT2D eigenvalue weighted by molar-refractivity contribution is 6.31. The zero-order chi connectivity index (χ0) is 13.8.